The van der Waals surface area contributed by atoms with Crippen LogP contribution in [0.15, 0.2) is 9.98 Å². The zero-order valence-corrected chi connectivity index (χ0v) is 29.7. The van der Waals surface area contributed by atoms with E-state index in [4.69, 9.17) is 20.0 Å². The normalized spacial score (nSPS) is 37.4. The van der Waals surface area contributed by atoms with Gasteiger partial charge in [-0.25, -0.2) is 9.98 Å². The summed E-state index contributed by atoms with van der Waals surface area (Å²) in [4.78, 5) is 26.1. The summed E-state index contributed by atoms with van der Waals surface area (Å²) in [6.07, 6.45) is 9.27. The summed E-state index contributed by atoms with van der Waals surface area (Å²) in [7, 11) is 0. The van der Waals surface area contributed by atoms with Crippen LogP contribution < -0.4 is 16.7 Å². The number of hydrogen-bond acceptors (Lipinski definition) is 7. The van der Waals surface area contributed by atoms with Gasteiger partial charge in [0.05, 0.1) is 23.0 Å². The van der Waals surface area contributed by atoms with Gasteiger partial charge in [-0.1, -0.05) is 40.0 Å². The number of piperidine rings is 2. The van der Waals surface area contributed by atoms with E-state index in [0.29, 0.717) is 17.9 Å². The second-order valence-corrected chi connectivity index (χ2v) is 18.4. The molecule has 4 aliphatic rings. The van der Waals surface area contributed by atoms with E-state index in [2.05, 4.69) is 105 Å². The Labute approximate surface area is 266 Å². The largest absolute Gasteiger partial charge is 0.385 e. The van der Waals surface area contributed by atoms with Crippen LogP contribution in [-0.4, -0.2) is 77.1 Å². The van der Waals surface area contributed by atoms with E-state index < -0.39 is 28.1 Å². The summed E-state index contributed by atoms with van der Waals surface area (Å²) in [5.74, 6) is 0.315. The first-order chi connectivity index (χ1) is 19.9. The number of fused-ring (bicyclic) bond motifs is 8. The van der Waals surface area contributed by atoms with Crippen LogP contribution in [0.3, 0.4) is 0 Å². The van der Waals surface area contributed by atoms with E-state index in [1.165, 1.54) is 0 Å². The zero-order chi connectivity index (χ0) is 32.8. The molecule has 5 heterocycles. The fourth-order valence-corrected chi connectivity index (χ4v) is 10.1. The molecule has 3 saturated heterocycles. The Morgan fingerprint density at radius 1 is 0.955 bits per heavy atom. The van der Waals surface area contributed by atoms with Gasteiger partial charge in [0.1, 0.15) is 11.4 Å². The van der Waals surface area contributed by atoms with Gasteiger partial charge in [-0.15, -0.1) is 5.73 Å². The average Bonchev–Trinajstić information content (AvgIpc) is 3.05. The Morgan fingerprint density at radius 2 is 1.57 bits per heavy atom. The summed E-state index contributed by atoms with van der Waals surface area (Å²) < 4.78 is 0. The van der Waals surface area contributed by atoms with Crippen molar-refractivity contribution in [2.45, 2.75) is 185 Å². The zero-order valence-electron chi connectivity index (χ0n) is 29.7. The first-order valence-electron chi connectivity index (χ1n) is 17.1. The van der Waals surface area contributed by atoms with Crippen molar-refractivity contribution in [2.24, 2.45) is 15.4 Å². The van der Waals surface area contributed by atoms with Crippen LogP contribution in [0.5, 0.6) is 0 Å². The van der Waals surface area contributed by atoms with Crippen molar-refractivity contribution in [1.82, 2.24) is 30.9 Å². The number of aliphatic hydroxyl groups is 1. The Bertz CT molecular complexity index is 1340. The molecular formula is C35H60N8O. The lowest BCUT2D eigenvalue weighted by Gasteiger charge is -2.66. The van der Waals surface area contributed by atoms with Gasteiger partial charge in [-0.3, -0.25) is 9.89 Å². The molecular weight excluding hydrogens is 548 g/mol. The van der Waals surface area contributed by atoms with Crippen LogP contribution in [0.2, 0.25) is 0 Å². The maximum Gasteiger partial charge on any atom is 0.225 e. The smallest absolute Gasteiger partial charge is 0.225 e. The SMILES string of the molecule is CC(C)(C)CC(C)(C)N=c1nc2nc([nH]1)C1C(C)(C=NC3CC(C)(C)NC(C)(C)C3)N3CCCCCCC(O)(C21[N])C3(C)C. The lowest BCUT2D eigenvalue weighted by Crippen LogP contribution is -2.82. The molecule has 0 aliphatic carbocycles. The molecule has 246 valence electrons. The minimum absolute atomic E-state index is 0.0363. The molecule has 0 aromatic carbocycles. The van der Waals surface area contributed by atoms with Gasteiger partial charge in [-0.2, -0.15) is 4.98 Å². The van der Waals surface area contributed by atoms with Gasteiger partial charge in [0.25, 0.3) is 0 Å². The van der Waals surface area contributed by atoms with Crippen LogP contribution in [0.25, 0.3) is 0 Å². The molecule has 0 amide bonds. The van der Waals surface area contributed by atoms with Crippen LogP contribution in [0, 0.1) is 5.41 Å². The molecule has 9 heteroatoms. The molecule has 5 rings (SSSR count). The first-order valence-corrected chi connectivity index (χ1v) is 17.1. The van der Waals surface area contributed by atoms with Crippen molar-refractivity contribution in [3.63, 3.8) is 0 Å². The third-order valence-corrected chi connectivity index (χ3v) is 11.0. The number of nitrogens with one attached hydrogen (secondary N) is 2. The number of aromatic amines is 1. The summed E-state index contributed by atoms with van der Waals surface area (Å²) in [5, 5.41) is 16.7. The summed E-state index contributed by atoms with van der Waals surface area (Å²) in [6.45, 7) is 27.1. The highest BCUT2D eigenvalue weighted by Crippen LogP contribution is 2.62. The van der Waals surface area contributed by atoms with Crippen LogP contribution in [-0.2, 0) is 5.54 Å². The van der Waals surface area contributed by atoms with Crippen molar-refractivity contribution < 1.29 is 5.11 Å². The highest BCUT2D eigenvalue weighted by molar-refractivity contribution is 5.74. The van der Waals surface area contributed by atoms with E-state index in [1.807, 2.05) is 0 Å². The highest BCUT2D eigenvalue weighted by atomic mass is 16.3. The Morgan fingerprint density at radius 3 is 2.18 bits per heavy atom. The minimum atomic E-state index is -1.71. The third-order valence-electron chi connectivity index (χ3n) is 11.0. The Hall–Kier alpha value is -1.68. The lowest BCUT2D eigenvalue weighted by molar-refractivity contribution is -0.218. The van der Waals surface area contributed by atoms with Gasteiger partial charge in [0, 0.05) is 22.8 Å². The molecule has 4 bridgehead atoms. The third kappa shape index (κ3) is 5.62. The van der Waals surface area contributed by atoms with Crippen LogP contribution in [0.4, 0.5) is 0 Å². The van der Waals surface area contributed by atoms with E-state index in [0.717, 1.165) is 51.5 Å². The molecule has 44 heavy (non-hydrogen) atoms. The quantitative estimate of drug-likeness (QED) is 0.405. The number of aliphatic imine (C=N–C) groups is 1. The van der Waals surface area contributed by atoms with E-state index >= 15 is 0 Å². The maximum absolute atomic E-state index is 13.1. The van der Waals surface area contributed by atoms with E-state index in [9.17, 15) is 10.8 Å². The number of rotatable bonds is 4. The highest BCUT2D eigenvalue weighted by Gasteiger charge is 2.76. The van der Waals surface area contributed by atoms with Gasteiger partial charge >= 0.3 is 0 Å². The molecule has 1 aromatic heterocycles. The molecule has 3 fully saturated rings. The van der Waals surface area contributed by atoms with Crippen molar-refractivity contribution in [3.05, 3.63) is 17.3 Å². The van der Waals surface area contributed by atoms with Crippen molar-refractivity contribution in [2.75, 3.05) is 6.54 Å². The van der Waals surface area contributed by atoms with Crippen molar-refractivity contribution in [1.29, 1.82) is 0 Å². The number of hydrogen-bond donors (Lipinski definition) is 3. The topological polar surface area (TPSA) is 124 Å². The molecule has 5 atom stereocenters. The number of nitrogens with zero attached hydrogens (tertiary/aromatic N) is 6. The fraction of sp³-hybridized carbons (Fsp3) is 0.886. The molecule has 5 unspecified atom stereocenters. The molecule has 4 aliphatic heterocycles. The average molecular weight is 609 g/mol. The molecule has 1 aromatic rings. The molecule has 3 N–H and O–H groups in total. The fourth-order valence-electron chi connectivity index (χ4n) is 10.1. The second-order valence-electron chi connectivity index (χ2n) is 18.4. The predicted molar refractivity (Wildman–Crippen MR) is 177 cm³/mol. The molecule has 9 nitrogen and oxygen atoms in total. The van der Waals surface area contributed by atoms with Crippen LogP contribution >= 0.6 is 0 Å². The van der Waals surface area contributed by atoms with Crippen molar-refractivity contribution in [3.8, 4) is 0 Å². The van der Waals surface area contributed by atoms with E-state index in [1.54, 1.807) is 0 Å². The van der Waals surface area contributed by atoms with E-state index in [-0.39, 0.29) is 33.9 Å². The number of aromatic nitrogens is 3. The van der Waals surface area contributed by atoms with Gasteiger partial charge in [-0.05, 0) is 106 Å². The number of H-pyrrole nitrogens is 1. The van der Waals surface area contributed by atoms with Crippen LogP contribution in [0.1, 0.15) is 152 Å². The Balaban J connectivity index is 1.70. The standard InChI is InChI=1S/C35H60N8O/c1-28(2,3)21-31(8,9)41-27-39-25-24-33(12,22-37-23-19-29(4,5)42-30(6,7)20-23)43-18-16-14-13-15-17-34(44,32(43,10)11)35(24,36)26(38-25)40-27/h22-24,42,44H,13-21H2,1-12H3,(H,38,39,40,41). The maximum atomic E-state index is 13.1. The monoisotopic (exact) mass is 608 g/mol. The molecule has 0 spiro atoms. The minimum Gasteiger partial charge on any atom is -0.385 e. The summed E-state index contributed by atoms with van der Waals surface area (Å²) in [6, 6.07) is 0.135. The summed E-state index contributed by atoms with van der Waals surface area (Å²) in [5.41, 5.74) is 8.53. The molecule has 2 radical (unpaired) electrons. The molecule has 0 saturated carbocycles. The van der Waals surface area contributed by atoms with Crippen molar-refractivity contribution >= 4 is 6.21 Å². The van der Waals surface area contributed by atoms with Gasteiger partial charge in [0.15, 0.2) is 11.4 Å². The van der Waals surface area contributed by atoms with Gasteiger partial charge < -0.3 is 15.4 Å². The van der Waals surface area contributed by atoms with Gasteiger partial charge in [0.2, 0.25) is 5.62 Å². The second kappa shape index (κ2) is 10.4. The predicted octanol–water partition coefficient (Wildman–Crippen LogP) is 5.21. The summed E-state index contributed by atoms with van der Waals surface area (Å²) >= 11 is 0. The Kier molecular flexibility index (Phi) is 7.97. The lowest BCUT2D eigenvalue weighted by atomic mass is 9.52. The first kappa shape index (κ1) is 33.7.